The molecular weight excluding hydrogens is 608 g/mol. The molecule has 2 saturated heterocycles. The van der Waals surface area contributed by atoms with Crippen molar-refractivity contribution in [3.05, 3.63) is 60.7 Å². The number of carbonyl (C=O) groups is 2. The molecule has 0 atom stereocenters. The number of piperidine rings is 2. The van der Waals surface area contributed by atoms with Crippen LogP contribution in [0.2, 0.25) is 0 Å². The van der Waals surface area contributed by atoms with E-state index in [1.54, 1.807) is 10.1 Å². The van der Waals surface area contributed by atoms with E-state index in [1.165, 1.54) is 12.8 Å². The predicted octanol–water partition coefficient (Wildman–Crippen LogP) is 7.24. The van der Waals surface area contributed by atoms with Crippen molar-refractivity contribution in [3.8, 4) is 11.5 Å². The zero-order valence-corrected chi connectivity index (χ0v) is 29.3. The number of anilines is 2. The minimum Gasteiger partial charge on any atom is -0.490 e. The first-order chi connectivity index (χ1) is 23.2. The summed E-state index contributed by atoms with van der Waals surface area (Å²) in [4.78, 5) is 35.5. The van der Waals surface area contributed by atoms with Crippen LogP contribution in [0.25, 0.3) is 0 Å². The maximum Gasteiger partial charge on any atom is 0.349 e. The molecule has 2 aliphatic rings. The molecule has 2 aromatic carbocycles. The highest BCUT2D eigenvalue weighted by molar-refractivity contribution is 5.91. The first-order valence-corrected chi connectivity index (χ1v) is 17.8. The second kappa shape index (κ2) is 19.9. The smallest absolute Gasteiger partial charge is 0.349 e. The largest absolute Gasteiger partial charge is 0.490 e. The highest BCUT2D eigenvalue weighted by Gasteiger charge is 2.24. The van der Waals surface area contributed by atoms with Gasteiger partial charge < -0.3 is 29.8 Å². The Kier molecular flexibility index (Phi) is 15.4. The third-order valence-corrected chi connectivity index (χ3v) is 8.48. The number of hydrogen-bond acceptors (Lipinski definition) is 10. The minimum atomic E-state index is -0.605. The zero-order valence-electron chi connectivity index (χ0n) is 29.3. The van der Waals surface area contributed by atoms with Crippen LogP contribution in [0.5, 0.6) is 11.5 Å². The minimum absolute atomic E-state index is 0.0528. The monoisotopic (exact) mass is 664 g/mol. The molecule has 2 aromatic rings. The molecule has 0 radical (unpaired) electrons. The SMILES string of the molecule is CC(C)CCCNc1ccc(OC2CCN(OC(=O)/C=C/C(=O)ON3CCC(Oc4ccc(NCCCC(C)C)cc4)CC3)CC2)cc1. The lowest BCUT2D eigenvalue weighted by atomic mass is 10.1. The number of benzene rings is 2. The molecular formula is C38H56N4O6. The van der Waals surface area contributed by atoms with E-state index in [2.05, 4.69) is 38.3 Å². The van der Waals surface area contributed by atoms with Crippen LogP contribution >= 0.6 is 0 Å². The van der Waals surface area contributed by atoms with Crippen LogP contribution in [0.3, 0.4) is 0 Å². The lowest BCUT2D eigenvalue weighted by Crippen LogP contribution is -2.39. The molecule has 10 nitrogen and oxygen atoms in total. The lowest BCUT2D eigenvalue weighted by Gasteiger charge is -2.30. The van der Waals surface area contributed by atoms with E-state index in [0.717, 1.165) is 98.5 Å². The topological polar surface area (TPSA) is 102 Å². The summed E-state index contributed by atoms with van der Waals surface area (Å²) >= 11 is 0. The molecule has 2 heterocycles. The number of hydrogen-bond donors (Lipinski definition) is 2. The van der Waals surface area contributed by atoms with E-state index in [0.29, 0.717) is 26.2 Å². The quantitative estimate of drug-likeness (QED) is 0.125. The van der Waals surface area contributed by atoms with Gasteiger partial charge in [0, 0.05) is 88.5 Å². The Bertz CT molecular complexity index is 1150. The zero-order chi connectivity index (χ0) is 34.1. The van der Waals surface area contributed by atoms with Crippen LogP contribution in [0.15, 0.2) is 60.7 Å². The average molecular weight is 665 g/mol. The van der Waals surface area contributed by atoms with Crippen molar-refractivity contribution in [1.29, 1.82) is 0 Å². The van der Waals surface area contributed by atoms with E-state index in [9.17, 15) is 9.59 Å². The average Bonchev–Trinajstić information content (AvgIpc) is 3.07. The van der Waals surface area contributed by atoms with Crippen molar-refractivity contribution in [2.75, 3.05) is 49.9 Å². The van der Waals surface area contributed by atoms with Gasteiger partial charge in [0.2, 0.25) is 0 Å². The van der Waals surface area contributed by atoms with E-state index in [4.69, 9.17) is 19.1 Å². The van der Waals surface area contributed by atoms with Gasteiger partial charge in [-0.05, 0) is 86.1 Å². The lowest BCUT2D eigenvalue weighted by molar-refractivity contribution is -0.194. The highest BCUT2D eigenvalue weighted by atomic mass is 16.7. The first-order valence-electron chi connectivity index (χ1n) is 17.8. The van der Waals surface area contributed by atoms with Gasteiger partial charge in [-0.15, -0.1) is 10.1 Å². The molecule has 0 aromatic heterocycles. The van der Waals surface area contributed by atoms with E-state index in [1.807, 2.05) is 48.5 Å². The molecule has 0 unspecified atom stereocenters. The van der Waals surface area contributed by atoms with Gasteiger partial charge in [0.15, 0.2) is 0 Å². The summed E-state index contributed by atoms with van der Waals surface area (Å²) in [7, 11) is 0. The number of hydroxylamine groups is 4. The van der Waals surface area contributed by atoms with Crippen molar-refractivity contribution in [2.45, 2.75) is 91.3 Å². The van der Waals surface area contributed by atoms with Crippen molar-refractivity contribution in [1.82, 2.24) is 10.1 Å². The number of ether oxygens (including phenoxy) is 2. The molecule has 0 spiro atoms. The molecule has 48 heavy (non-hydrogen) atoms. The molecule has 2 aliphatic heterocycles. The molecule has 0 amide bonds. The van der Waals surface area contributed by atoms with Gasteiger partial charge in [-0.1, -0.05) is 27.7 Å². The molecule has 10 heteroatoms. The van der Waals surface area contributed by atoms with Crippen LogP contribution in [0.4, 0.5) is 11.4 Å². The van der Waals surface area contributed by atoms with Crippen molar-refractivity contribution < 1.29 is 28.7 Å². The van der Waals surface area contributed by atoms with Crippen molar-refractivity contribution in [2.24, 2.45) is 11.8 Å². The maximum absolute atomic E-state index is 12.3. The summed E-state index contributed by atoms with van der Waals surface area (Å²) < 4.78 is 12.3. The predicted molar refractivity (Wildman–Crippen MR) is 190 cm³/mol. The normalized spacial score (nSPS) is 16.7. The van der Waals surface area contributed by atoms with E-state index < -0.39 is 11.9 Å². The Balaban J connectivity index is 1.05. The van der Waals surface area contributed by atoms with Crippen LogP contribution in [0.1, 0.15) is 79.1 Å². The molecule has 0 aliphatic carbocycles. The number of carbonyl (C=O) groups excluding carboxylic acids is 2. The fourth-order valence-corrected chi connectivity index (χ4v) is 5.71. The summed E-state index contributed by atoms with van der Waals surface area (Å²) in [6, 6.07) is 16.1. The fourth-order valence-electron chi connectivity index (χ4n) is 5.71. The summed E-state index contributed by atoms with van der Waals surface area (Å²) in [5.41, 5.74) is 2.19. The Labute approximate surface area is 287 Å². The molecule has 0 saturated carbocycles. The summed E-state index contributed by atoms with van der Waals surface area (Å²) in [5.74, 6) is 1.91. The van der Waals surface area contributed by atoms with Gasteiger partial charge in [-0.3, -0.25) is 0 Å². The fraction of sp³-hybridized carbons (Fsp3) is 0.579. The summed E-state index contributed by atoms with van der Waals surface area (Å²) in [5, 5.41) is 10.1. The second-order valence-electron chi connectivity index (χ2n) is 13.6. The Morgan fingerprint density at radius 2 is 1.00 bits per heavy atom. The number of nitrogens with one attached hydrogen (secondary N) is 2. The Morgan fingerprint density at radius 3 is 1.33 bits per heavy atom. The molecule has 0 bridgehead atoms. The number of nitrogens with zero attached hydrogens (tertiary/aromatic N) is 2. The van der Waals surface area contributed by atoms with E-state index >= 15 is 0 Å². The second-order valence-corrected chi connectivity index (χ2v) is 13.6. The highest BCUT2D eigenvalue weighted by Crippen LogP contribution is 2.23. The first kappa shape index (κ1) is 37.1. The van der Waals surface area contributed by atoms with Crippen molar-refractivity contribution >= 4 is 23.3 Å². The Morgan fingerprint density at radius 1 is 0.646 bits per heavy atom. The standard InChI is InChI=1S/C38H56N4O6/c1-29(2)7-5-23-39-31-9-13-33(14-10-31)45-35-19-25-41(26-20-35)47-37(43)17-18-38(44)48-42-27-21-36(22-28-42)46-34-15-11-32(12-16-34)40-24-6-8-30(3)4/h9-18,29-30,35-36,39-40H,5-8,19-28H2,1-4H3/b18-17+. The maximum atomic E-state index is 12.3. The molecule has 264 valence electrons. The Hall–Kier alpha value is -3.76. The van der Waals surface area contributed by atoms with Gasteiger partial charge in [0.05, 0.1) is 0 Å². The van der Waals surface area contributed by atoms with Gasteiger partial charge in [0.25, 0.3) is 0 Å². The van der Waals surface area contributed by atoms with Gasteiger partial charge in [-0.25, -0.2) is 9.59 Å². The summed E-state index contributed by atoms with van der Waals surface area (Å²) in [6.45, 7) is 13.1. The number of rotatable bonds is 18. The van der Waals surface area contributed by atoms with Gasteiger partial charge in [-0.2, -0.15) is 0 Å². The van der Waals surface area contributed by atoms with Crippen molar-refractivity contribution in [3.63, 3.8) is 0 Å². The van der Waals surface area contributed by atoms with Crippen LogP contribution < -0.4 is 20.1 Å². The molecule has 2 fully saturated rings. The van der Waals surface area contributed by atoms with Crippen LogP contribution in [0, 0.1) is 11.8 Å². The van der Waals surface area contributed by atoms with Gasteiger partial charge >= 0.3 is 11.9 Å². The van der Waals surface area contributed by atoms with Gasteiger partial charge in [0.1, 0.15) is 23.7 Å². The molecule has 4 rings (SSSR count). The molecule has 2 N–H and O–H groups in total. The van der Waals surface area contributed by atoms with E-state index in [-0.39, 0.29) is 12.2 Å². The third-order valence-electron chi connectivity index (χ3n) is 8.48. The summed E-state index contributed by atoms with van der Waals surface area (Å²) in [6.07, 6.45) is 10.0. The third kappa shape index (κ3) is 14.2. The van der Waals surface area contributed by atoms with Crippen LogP contribution in [-0.4, -0.2) is 73.5 Å². The van der Waals surface area contributed by atoms with Crippen LogP contribution in [-0.2, 0) is 19.3 Å².